The molecule has 3 heteroatoms. The first-order chi connectivity index (χ1) is 7.88. The van der Waals surface area contributed by atoms with Crippen molar-refractivity contribution in [2.45, 2.75) is 33.2 Å². The molecule has 0 heterocycles. The largest absolute Gasteiger partial charge is 0.379 e. The lowest BCUT2D eigenvalue weighted by Crippen LogP contribution is -2.19. The molecule has 1 aromatic carbocycles. The van der Waals surface area contributed by atoms with Gasteiger partial charge in [0.15, 0.2) is 0 Å². The van der Waals surface area contributed by atoms with Gasteiger partial charge in [0.1, 0.15) is 5.82 Å². The Hall–Kier alpha value is -0.930. The van der Waals surface area contributed by atoms with E-state index < -0.39 is 0 Å². The maximum atomic E-state index is 13.0. The van der Waals surface area contributed by atoms with Gasteiger partial charge in [-0.3, -0.25) is 0 Å². The zero-order valence-corrected chi connectivity index (χ0v) is 10.9. The summed E-state index contributed by atoms with van der Waals surface area (Å²) in [5.74, 6) is -0.257. The summed E-state index contributed by atoms with van der Waals surface area (Å²) < 4.78 is 18.5. The molecule has 0 amide bonds. The summed E-state index contributed by atoms with van der Waals surface area (Å²) in [7, 11) is 0. The van der Waals surface area contributed by atoms with Gasteiger partial charge in [-0.05, 0) is 29.5 Å². The highest BCUT2D eigenvalue weighted by atomic mass is 19.1. The van der Waals surface area contributed by atoms with Gasteiger partial charge >= 0.3 is 0 Å². The Morgan fingerprint density at radius 1 is 1.35 bits per heavy atom. The van der Waals surface area contributed by atoms with E-state index in [9.17, 15) is 4.39 Å². The van der Waals surface area contributed by atoms with Crippen LogP contribution in [0.5, 0.6) is 0 Å². The monoisotopic (exact) mass is 239 g/mol. The molecule has 0 aliphatic rings. The van der Waals surface area contributed by atoms with Crippen LogP contribution in [0.25, 0.3) is 0 Å². The van der Waals surface area contributed by atoms with Gasteiger partial charge in [0.05, 0.1) is 12.6 Å². The Balaban J connectivity index is 2.33. The zero-order valence-electron chi connectivity index (χ0n) is 10.9. The lowest BCUT2D eigenvalue weighted by atomic mass is 9.93. The number of hydrogen-bond donors (Lipinski definition) is 1. The van der Waals surface area contributed by atoms with Crippen molar-refractivity contribution in [3.8, 4) is 0 Å². The molecule has 1 aromatic rings. The average Bonchev–Trinajstić information content (AvgIpc) is 2.23. The van der Waals surface area contributed by atoms with Crippen molar-refractivity contribution in [3.05, 3.63) is 35.6 Å². The first-order valence-electron chi connectivity index (χ1n) is 5.97. The molecule has 1 unspecified atom stereocenters. The lowest BCUT2D eigenvalue weighted by Gasteiger charge is -2.19. The van der Waals surface area contributed by atoms with Crippen molar-refractivity contribution in [2.24, 2.45) is 11.1 Å². The van der Waals surface area contributed by atoms with E-state index in [1.807, 2.05) is 6.07 Å². The van der Waals surface area contributed by atoms with Gasteiger partial charge in [-0.15, -0.1) is 0 Å². The predicted molar refractivity (Wildman–Crippen MR) is 68.2 cm³/mol. The van der Waals surface area contributed by atoms with Crippen LogP contribution in [-0.2, 0) is 4.74 Å². The van der Waals surface area contributed by atoms with Gasteiger partial charge in [-0.2, -0.15) is 0 Å². The normalized spacial score (nSPS) is 13.7. The fourth-order valence-electron chi connectivity index (χ4n) is 1.42. The SMILES string of the molecule is CC(C)(C)CCOCC(N)c1cccc(F)c1. The van der Waals surface area contributed by atoms with Crippen LogP contribution in [0.1, 0.15) is 38.8 Å². The molecule has 2 N–H and O–H groups in total. The van der Waals surface area contributed by atoms with E-state index in [1.54, 1.807) is 6.07 Å². The number of nitrogens with two attached hydrogens (primary N) is 1. The van der Waals surface area contributed by atoms with Gasteiger partial charge in [-0.25, -0.2) is 4.39 Å². The average molecular weight is 239 g/mol. The second-order valence-electron chi connectivity index (χ2n) is 5.55. The van der Waals surface area contributed by atoms with Gasteiger partial charge in [0, 0.05) is 6.61 Å². The standard InChI is InChI=1S/C14H22FNO/c1-14(2,3)7-8-17-10-13(16)11-5-4-6-12(15)9-11/h4-6,9,13H,7-8,10,16H2,1-3H3. The van der Waals surface area contributed by atoms with Crippen molar-refractivity contribution in [1.82, 2.24) is 0 Å². The fraction of sp³-hybridized carbons (Fsp3) is 0.571. The van der Waals surface area contributed by atoms with Gasteiger partial charge in [-0.1, -0.05) is 32.9 Å². The number of rotatable bonds is 5. The van der Waals surface area contributed by atoms with Crippen LogP contribution in [0.2, 0.25) is 0 Å². The lowest BCUT2D eigenvalue weighted by molar-refractivity contribution is 0.0974. The summed E-state index contributed by atoms with van der Waals surface area (Å²) in [4.78, 5) is 0. The minimum atomic E-state index is -0.259. The van der Waals surface area contributed by atoms with E-state index in [0.29, 0.717) is 13.2 Å². The molecule has 0 aliphatic carbocycles. The Kier molecular flexibility index (Phi) is 5.09. The van der Waals surface area contributed by atoms with E-state index in [-0.39, 0.29) is 17.3 Å². The number of ether oxygens (including phenoxy) is 1. The molecule has 1 rings (SSSR count). The third kappa shape index (κ3) is 5.80. The molecule has 96 valence electrons. The number of hydrogen-bond acceptors (Lipinski definition) is 2. The quantitative estimate of drug-likeness (QED) is 0.800. The van der Waals surface area contributed by atoms with Gasteiger partial charge in [0.2, 0.25) is 0 Å². The van der Waals surface area contributed by atoms with Gasteiger partial charge < -0.3 is 10.5 Å². The Bertz CT molecular complexity index is 346. The minimum Gasteiger partial charge on any atom is -0.379 e. The van der Waals surface area contributed by atoms with E-state index >= 15 is 0 Å². The summed E-state index contributed by atoms with van der Waals surface area (Å²) in [6, 6.07) is 6.10. The molecular weight excluding hydrogens is 217 g/mol. The van der Waals surface area contributed by atoms with Crippen LogP contribution in [0.4, 0.5) is 4.39 Å². The highest BCUT2D eigenvalue weighted by Gasteiger charge is 2.11. The third-order valence-corrected chi connectivity index (χ3v) is 2.57. The van der Waals surface area contributed by atoms with Crippen LogP contribution in [0, 0.1) is 11.2 Å². The summed E-state index contributed by atoms with van der Waals surface area (Å²) in [6.45, 7) is 7.63. The summed E-state index contributed by atoms with van der Waals surface area (Å²) >= 11 is 0. The van der Waals surface area contributed by atoms with E-state index in [4.69, 9.17) is 10.5 Å². The predicted octanol–water partition coefficient (Wildman–Crippen LogP) is 3.28. The summed E-state index contributed by atoms with van der Waals surface area (Å²) in [6.07, 6.45) is 0.989. The molecule has 0 radical (unpaired) electrons. The maximum Gasteiger partial charge on any atom is 0.123 e. The third-order valence-electron chi connectivity index (χ3n) is 2.57. The zero-order chi connectivity index (χ0) is 12.9. The second kappa shape index (κ2) is 6.12. The highest BCUT2D eigenvalue weighted by molar-refractivity contribution is 5.19. The van der Waals surface area contributed by atoms with Crippen LogP contribution < -0.4 is 5.73 Å². The first kappa shape index (κ1) is 14.1. The Morgan fingerprint density at radius 3 is 2.65 bits per heavy atom. The second-order valence-corrected chi connectivity index (χ2v) is 5.55. The molecule has 1 atom stereocenters. The molecule has 0 spiro atoms. The maximum absolute atomic E-state index is 13.0. The molecule has 2 nitrogen and oxygen atoms in total. The molecule has 0 bridgehead atoms. The van der Waals surface area contributed by atoms with Crippen molar-refractivity contribution in [3.63, 3.8) is 0 Å². The minimum absolute atomic E-state index is 0.257. The van der Waals surface area contributed by atoms with Crippen molar-refractivity contribution in [1.29, 1.82) is 0 Å². The Morgan fingerprint density at radius 2 is 2.06 bits per heavy atom. The van der Waals surface area contributed by atoms with Crippen LogP contribution in [0.3, 0.4) is 0 Å². The summed E-state index contributed by atoms with van der Waals surface area (Å²) in [5.41, 5.74) is 6.97. The molecule has 0 aromatic heterocycles. The van der Waals surface area contributed by atoms with E-state index in [2.05, 4.69) is 20.8 Å². The Labute approximate surface area is 103 Å². The molecule has 0 saturated carbocycles. The van der Waals surface area contributed by atoms with Crippen molar-refractivity contribution >= 4 is 0 Å². The topological polar surface area (TPSA) is 35.2 Å². The molecule has 17 heavy (non-hydrogen) atoms. The fourth-order valence-corrected chi connectivity index (χ4v) is 1.42. The van der Waals surface area contributed by atoms with Gasteiger partial charge in [0.25, 0.3) is 0 Å². The smallest absolute Gasteiger partial charge is 0.123 e. The van der Waals surface area contributed by atoms with Crippen LogP contribution in [0.15, 0.2) is 24.3 Å². The molecular formula is C14H22FNO. The molecule has 0 saturated heterocycles. The van der Waals surface area contributed by atoms with E-state index in [1.165, 1.54) is 12.1 Å². The summed E-state index contributed by atoms with van der Waals surface area (Å²) in [5, 5.41) is 0. The highest BCUT2D eigenvalue weighted by Crippen LogP contribution is 2.18. The van der Waals surface area contributed by atoms with Crippen molar-refractivity contribution < 1.29 is 9.13 Å². The first-order valence-corrected chi connectivity index (χ1v) is 5.97. The molecule has 0 aliphatic heterocycles. The van der Waals surface area contributed by atoms with E-state index in [0.717, 1.165) is 12.0 Å². The van der Waals surface area contributed by atoms with Crippen molar-refractivity contribution in [2.75, 3.05) is 13.2 Å². The van der Waals surface area contributed by atoms with Crippen LogP contribution in [-0.4, -0.2) is 13.2 Å². The number of halogens is 1. The van der Waals surface area contributed by atoms with Crippen LogP contribution >= 0.6 is 0 Å². The molecule has 0 fully saturated rings. The number of benzene rings is 1.